The van der Waals surface area contributed by atoms with Gasteiger partial charge in [0.2, 0.25) is 0 Å². The molecule has 1 aromatic heterocycles. The van der Waals surface area contributed by atoms with Gasteiger partial charge < -0.3 is 15.1 Å². The highest BCUT2D eigenvalue weighted by Gasteiger charge is 2.25. The summed E-state index contributed by atoms with van der Waals surface area (Å²) in [7, 11) is 0. The Morgan fingerprint density at radius 2 is 1.67 bits per heavy atom. The zero-order valence-electron chi connectivity index (χ0n) is 12.1. The molecule has 3 rings (SSSR count). The zero-order valence-corrected chi connectivity index (χ0v) is 12.1. The summed E-state index contributed by atoms with van der Waals surface area (Å²) in [6.07, 6.45) is 3.85. The molecule has 1 aliphatic rings. The third-order valence-corrected chi connectivity index (χ3v) is 4.59. The van der Waals surface area contributed by atoms with E-state index in [-0.39, 0.29) is 5.92 Å². The summed E-state index contributed by atoms with van der Waals surface area (Å²) >= 11 is 0. The van der Waals surface area contributed by atoms with Gasteiger partial charge in [-0.05, 0) is 42.4 Å². The molecule has 1 aliphatic carbocycles. The van der Waals surface area contributed by atoms with Gasteiger partial charge in [0.25, 0.3) is 0 Å². The van der Waals surface area contributed by atoms with E-state index in [0.717, 1.165) is 37.2 Å². The molecule has 0 bridgehead atoms. The van der Waals surface area contributed by atoms with Crippen molar-refractivity contribution in [1.29, 1.82) is 0 Å². The molecular weight excluding hydrogens is 268 g/mol. The normalized spacial score (nSPS) is 24.1. The number of aliphatic hydroxyl groups excluding tert-OH is 1. The van der Waals surface area contributed by atoms with E-state index < -0.39 is 17.2 Å². The van der Waals surface area contributed by atoms with E-state index in [2.05, 4.69) is 16.9 Å². The van der Waals surface area contributed by atoms with Crippen molar-refractivity contribution < 1.29 is 5.11 Å². The lowest BCUT2D eigenvalue weighted by Gasteiger charge is -2.30. The standard InChI is InChI=1S/C16H20N2O3/c1-9-2-4-10(5-3-9)14(19)11-6-7-12-13(8-11)18-16(21)15(20)17-12/h6-10,14,19H,2-5H2,1H3,(H,17,20)(H,18,21). The highest BCUT2D eigenvalue weighted by atomic mass is 16.3. The van der Waals surface area contributed by atoms with Crippen molar-refractivity contribution in [3.8, 4) is 0 Å². The Kier molecular flexibility index (Phi) is 3.68. The molecule has 0 radical (unpaired) electrons. The summed E-state index contributed by atoms with van der Waals surface area (Å²) in [5.41, 5.74) is 0.607. The van der Waals surface area contributed by atoms with Crippen LogP contribution in [0, 0.1) is 11.8 Å². The van der Waals surface area contributed by atoms with Crippen LogP contribution in [0.5, 0.6) is 0 Å². The molecule has 1 unspecified atom stereocenters. The highest BCUT2D eigenvalue weighted by molar-refractivity contribution is 5.74. The SMILES string of the molecule is CC1CCC(C(O)c2ccc3[nH]c(=O)c(=O)[nH]c3c2)CC1. The molecule has 21 heavy (non-hydrogen) atoms. The average Bonchev–Trinajstić information content (AvgIpc) is 2.48. The van der Waals surface area contributed by atoms with Crippen LogP contribution in [-0.4, -0.2) is 15.1 Å². The molecule has 1 fully saturated rings. The summed E-state index contributed by atoms with van der Waals surface area (Å²) in [5, 5.41) is 10.6. The van der Waals surface area contributed by atoms with Crippen LogP contribution in [0.3, 0.4) is 0 Å². The zero-order chi connectivity index (χ0) is 15.0. The summed E-state index contributed by atoms with van der Waals surface area (Å²) in [6, 6.07) is 5.31. The van der Waals surface area contributed by atoms with Gasteiger partial charge in [-0.25, -0.2) is 0 Å². The Labute approximate surface area is 122 Å². The molecule has 1 heterocycles. The van der Waals surface area contributed by atoms with Crippen molar-refractivity contribution in [2.75, 3.05) is 0 Å². The smallest absolute Gasteiger partial charge is 0.314 e. The lowest BCUT2D eigenvalue weighted by Crippen LogP contribution is -2.29. The van der Waals surface area contributed by atoms with E-state index in [0.29, 0.717) is 11.0 Å². The second-order valence-corrected chi connectivity index (χ2v) is 6.18. The van der Waals surface area contributed by atoms with Gasteiger partial charge in [-0.15, -0.1) is 0 Å². The molecule has 1 aromatic carbocycles. The molecule has 5 heteroatoms. The van der Waals surface area contributed by atoms with Crippen molar-refractivity contribution in [2.24, 2.45) is 11.8 Å². The van der Waals surface area contributed by atoms with Crippen LogP contribution in [0.1, 0.15) is 44.3 Å². The number of rotatable bonds is 2. The van der Waals surface area contributed by atoms with Crippen LogP contribution in [-0.2, 0) is 0 Å². The van der Waals surface area contributed by atoms with Gasteiger partial charge in [-0.2, -0.15) is 0 Å². The molecule has 1 atom stereocenters. The molecular formula is C16H20N2O3. The number of nitrogens with one attached hydrogen (secondary N) is 2. The van der Waals surface area contributed by atoms with Crippen LogP contribution in [0.4, 0.5) is 0 Å². The van der Waals surface area contributed by atoms with Crippen LogP contribution in [0.2, 0.25) is 0 Å². The Hall–Kier alpha value is -1.88. The molecule has 112 valence electrons. The van der Waals surface area contributed by atoms with Crippen LogP contribution >= 0.6 is 0 Å². The molecule has 3 N–H and O–H groups in total. The van der Waals surface area contributed by atoms with Crippen LogP contribution in [0.15, 0.2) is 27.8 Å². The van der Waals surface area contributed by atoms with Crippen LogP contribution in [0.25, 0.3) is 11.0 Å². The fourth-order valence-corrected chi connectivity index (χ4v) is 3.19. The fourth-order valence-electron chi connectivity index (χ4n) is 3.19. The first kappa shape index (κ1) is 14.1. The second kappa shape index (κ2) is 5.48. The third kappa shape index (κ3) is 2.78. The van der Waals surface area contributed by atoms with Gasteiger partial charge in [0.05, 0.1) is 17.1 Å². The summed E-state index contributed by atoms with van der Waals surface area (Å²) < 4.78 is 0. The molecule has 0 amide bonds. The third-order valence-electron chi connectivity index (χ3n) is 4.59. The number of H-pyrrole nitrogens is 2. The quantitative estimate of drug-likeness (QED) is 0.739. The Morgan fingerprint density at radius 1 is 1.05 bits per heavy atom. The highest BCUT2D eigenvalue weighted by Crippen LogP contribution is 2.36. The van der Waals surface area contributed by atoms with E-state index in [1.54, 1.807) is 12.1 Å². The van der Waals surface area contributed by atoms with E-state index in [9.17, 15) is 14.7 Å². The first-order valence-corrected chi connectivity index (χ1v) is 7.49. The van der Waals surface area contributed by atoms with Gasteiger partial charge in [0.1, 0.15) is 0 Å². The molecule has 0 spiro atoms. The number of aromatic amines is 2. The van der Waals surface area contributed by atoms with Crippen molar-refractivity contribution in [2.45, 2.75) is 38.7 Å². The lowest BCUT2D eigenvalue weighted by atomic mass is 9.78. The number of fused-ring (bicyclic) bond motifs is 1. The number of aromatic nitrogens is 2. The topological polar surface area (TPSA) is 85.9 Å². The Bertz CT molecular complexity index is 754. The molecule has 0 saturated heterocycles. The Balaban J connectivity index is 1.91. The number of benzene rings is 1. The van der Waals surface area contributed by atoms with E-state index in [4.69, 9.17) is 0 Å². The molecule has 0 aliphatic heterocycles. The number of hydrogen-bond acceptors (Lipinski definition) is 3. The van der Waals surface area contributed by atoms with E-state index in [1.165, 1.54) is 0 Å². The van der Waals surface area contributed by atoms with Crippen molar-refractivity contribution in [3.05, 3.63) is 44.5 Å². The number of hydrogen-bond donors (Lipinski definition) is 3. The second-order valence-electron chi connectivity index (χ2n) is 6.18. The largest absolute Gasteiger partial charge is 0.388 e. The fraction of sp³-hybridized carbons (Fsp3) is 0.500. The summed E-state index contributed by atoms with van der Waals surface area (Å²) in [5.74, 6) is 1.01. The van der Waals surface area contributed by atoms with Gasteiger partial charge >= 0.3 is 11.1 Å². The minimum atomic E-state index is -0.666. The van der Waals surface area contributed by atoms with Gasteiger partial charge in [-0.1, -0.05) is 25.8 Å². The monoisotopic (exact) mass is 288 g/mol. The summed E-state index contributed by atoms with van der Waals surface area (Å²) in [6.45, 7) is 2.25. The maximum Gasteiger partial charge on any atom is 0.314 e. The molecule has 5 nitrogen and oxygen atoms in total. The Morgan fingerprint density at radius 3 is 2.33 bits per heavy atom. The number of aliphatic hydroxyl groups is 1. The maximum atomic E-state index is 11.4. The van der Waals surface area contributed by atoms with Crippen molar-refractivity contribution in [3.63, 3.8) is 0 Å². The van der Waals surface area contributed by atoms with Crippen LogP contribution < -0.4 is 11.1 Å². The van der Waals surface area contributed by atoms with Gasteiger partial charge in [0, 0.05) is 0 Å². The average molecular weight is 288 g/mol. The summed E-state index contributed by atoms with van der Waals surface area (Å²) in [4.78, 5) is 27.8. The maximum absolute atomic E-state index is 11.4. The lowest BCUT2D eigenvalue weighted by molar-refractivity contribution is 0.0756. The first-order chi connectivity index (χ1) is 10.0. The van der Waals surface area contributed by atoms with E-state index in [1.807, 2.05) is 6.07 Å². The van der Waals surface area contributed by atoms with Gasteiger partial charge in [-0.3, -0.25) is 9.59 Å². The predicted molar refractivity (Wildman–Crippen MR) is 81.3 cm³/mol. The van der Waals surface area contributed by atoms with Crippen molar-refractivity contribution >= 4 is 11.0 Å². The van der Waals surface area contributed by atoms with E-state index >= 15 is 0 Å². The minimum absolute atomic E-state index is 0.271. The molecule has 2 aromatic rings. The first-order valence-electron chi connectivity index (χ1n) is 7.49. The molecule has 1 saturated carbocycles. The minimum Gasteiger partial charge on any atom is -0.388 e. The van der Waals surface area contributed by atoms with Crippen molar-refractivity contribution in [1.82, 2.24) is 9.97 Å². The predicted octanol–water partition coefficient (Wildman–Crippen LogP) is 2.08. The van der Waals surface area contributed by atoms with Gasteiger partial charge in [0.15, 0.2) is 0 Å².